The average Bonchev–Trinajstić information content (AvgIpc) is 2.84. The van der Waals surface area contributed by atoms with Crippen molar-refractivity contribution in [2.24, 2.45) is 0 Å². The van der Waals surface area contributed by atoms with Crippen LogP contribution in [0.15, 0.2) is 22.6 Å². The summed E-state index contributed by atoms with van der Waals surface area (Å²) >= 11 is 11.9. The van der Waals surface area contributed by atoms with Crippen LogP contribution in [0.4, 0.5) is 0 Å². The number of hydrogen-bond donors (Lipinski definition) is 1. The Morgan fingerprint density at radius 1 is 1.16 bits per heavy atom. The third kappa shape index (κ3) is 3.47. The fraction of sp³-hybridized carbons (Fsp3) is 0.385. The summed E-state index contributed by atoms with van der Waals surface area (Å²) in [5, 5.41) is 12.5. The summed E-state index contributed by atoms with van der Waals surface area (Å²) in [6.45, 7) is 4.95. The normalized spacial score (nSPS) is 12.6. The smallest absolute Gasteiger partial charge is 0.247 e. The SMILES string of the molecule is CCNC(CC)c1nnc(-c2cc(Cl)cc(Cl)c2)o1. The molecule has 1 unspecified atom stereocenters. The molecule has 0 bridgehead atoms. The van der Waals surface area contributed by atoms with Gasteiger partial charge in [0.05, 0.1) is 6.04 Å². The summed E-state index contributed by atoms with van der Waals surface area (Å²) in [6, 6.07) is 5.23. The second-order valence-corrected chi connectivity index (χ2v) is 4.99. The molecule has 0 aliphatic rings. The van der Waals surface area contributed by atoms with Crippen molar-refractivity contribution in [1.82, 2.24) is 15.5 Å². The summed E-state index contributed by atoms with van der Waals surface area (Å²) in [5.41, 5.74) is 0.725. The molecule has 0 radical (unpaired) electrons. The summed E-state index contributed by atoms with van der Waals surface area (Å²) in [6.07, 6.45) is 0.881. The fourth-order valence-corrected chi connectivity index (χ4v) is 2.35. The highest BCUT2D eigenvalue weighted by atomic mass is 35.5. The van der Waals surface area contributed by atoms with Gasteiger partial charge in [-0.3, -0.25) is 0 Å². The van der Waals surface area contributed by atoms with Crippen LogP contribution in [0.5, 0.6) is 0 Å². The van der Waals surface area contributed by atoms with E-state index < -0.39 is 0 Å². The van der Waals surface area contributed by atoms with Gasteiger partial charge in [-0.25, -0.2) is 0 Å². The van der Waals surface area contributed by atoms with Crippen molar-refractivity contribution in [2.75, 3.05) is 6.54 Å². The van der Waals surface area contributed by atoms with E-state index in [0.29, 0.717) is 21.8 Å². The Labute approximate surface area is 122 Å². The molecule has 4 nitrogen and oxygen atoms in total. The van der Waals surface area contributed by atoms with Gasteiger partial charge in [0.25, 0.3) is 0 Å². The van der Waals surface area contributed by atoms with Gasteiger partial charge in [0.15, 0.2) is 0 Å². The first kappa shape index (κ1) is 14.3. The van der Waals surface area contributed by atoms with E-state index in [-0.39, 0.29) is 6.04 Å². The zero-order valence-corrected chi connectivity index (χ0v) is 12.3. The van der Waals surface area contributed by atoms with Gasteiger partial charge in [-0.2, -0.15) is 0 Å². The molecule has 19 heavy (non-hydrogen) atoms. The fourth-order valence-electron chi connectivity index (χ4n) is 1.82. The first-order valence-electron chi connectivity index (χ1n) is 6.17. The van der Waals surface area contributed by atoms with Crippen molar-refractivity contribution < 1.29 is 4.42 Å². The van der Waals surface area contributed by atoms with E-state index in [1.807, 2.05) is 6.92 Å². The number of nitrogens with zero attached hydrogens (tertiary/aromatic N) is 2. The van der Waals surface area contributed by atoms with Gasteiger partial charge in [-0.05, 0) is 31.2 Å². The summed E-state index contributed by atoms with van der Waals surface area (Å²) < 4.78 is 5.68. The van der Waals surface area contributed by atoms with Crippen LogP contribution < -0.4 is 5.32 Å². The standard InChI is InChI=1S/C13H15Cl2N3O/c1-3-11(16-4-2)13-18-17-12(19-13)8-5-9(14)7-10(15)6-8/h5-7,11,16H,3-4H2,1-2H3. The number of hydrogen-bond acceptors (Lipinski definition) is 4. The Hall–Kier alpha value is -1.10. The van der Waals surface area contributed by atoms with Crippen molar-refractivity contribution in [3.63, 3.8) is 0 Å². The van der Waals surface area contributed by atoms with E-state index in [9.17, 15) is 0 Å². The van der Waals surface area contributed by atoms with Gasteiger partial charge in [-0.1, -0.05) is 37.0 Å². The summed E-state index contributed by atoms with van der Waals surface area (Å²) in [7, 11) is 0. The van der Waals surface area contributed by atoms with Gasteiger partial charge >= 0.3 is 0 Å². The van der Waals surface area contributed by atoms with E-state index in [1.54, 1.807) is 18.2 Å². The molecule has 0 amide bonds. The Bertz CT molecular complexity index is 536. The van der Waals surface area contributed by atoms with E-state index in [0.717, 1.165) is 18.5 Å². The molecule has 0 spiro atoms. The highest BCUT2D eigenvalue weighted by Gasteiger charge is 2.17. The molecule has 0 aliphatic heterocycles. The number of aromatic nitrogens is 2. The molecule has 1 aromatic carbocycles. The molecular weight excluding hydrogens is 285 g/mol. The van der Waals surface area contributed by atoms with E-state index in [1.165, 1.54) is 0 Å². The average molecular weight is 300 g/mol. The van der Waals surface area contributed by atoms with Gasteiger partial charge in [0.2, 0.25) is 11.8 Å². The van der Waals surface area contributed by atoms with Crippen LogP contribution >= 0.6 is 23.2 Å². The molecule has 1 aromatic heterocycles. The lowest BCUT2D eigenvalue weighted by molar-refractivity contribution is 0.402. The van der Waals surface area contributed by atoms with Gasteiger partial charge in [0.1, 0.15) is 0 Å². The van der Waals surface area contributed by atoms with E-state index in [4.69, 9.17) is 27.6 Å². The highest BCUT2D eigenvalue weighted by molar-refractivity contribution is 6.35. The zero-order valence-electron chi connectivity index (χ0n) is 10.8. The Balaban J connectivity index is 2.29. The molecule has 0 fully saturated rings. The predicted octanol–water partition coefficient (Wildman–Crippen LogP) is 4.10. The maximum atomic E-state index is 5.96. The maximum absolute atomic E-state index is 5.96. The Kier molecular flexibility index (Phi) is 4.80. The minimum atomic E-state index is 0.0703. The van der Waals surface area contributed by atoms with Gasteiger partial charge in [-0.15, -0.1) is 10.2 Å². The van der Waals surface area contributed by atoms with Crippen molar-refractivity contribution in [2.45, 2.75) is 26.3 Å². The second-order valence-electron chi connectivity index (χ2n) is 4.12. The maximum Gasteiger partial charge on any atom is 0.247 e. The van der Waals surface area contributed by atoms with Crippen LogP contribution in [0.3, 0.4) is 0 Å². The first-order chi connectivity index (χ1) is 9.13. The molecule has 1 heterocycles. The quantitative estimate of drug-likeness (QED) is 0.903. The van der Waals surface area contributed by atoms with Crippen LogP contribution in [-0.4, -0.2) is 16.7 Å². The van der Waals surface area contributed by atoms with E-state index in [2.05, 4.69) is 22.4 Å². The Morgan fingerprint density at radius 3 is 2.42 bits per heavy atom. The number of rotatable bonds is 5. The van der Waals surface area contributed by atoms with Crippen LogP contribution in [0.2, 0.25) is 10.0 Å². The molecule has 6 heteroatoms. The molecular formula is C13H15Cl2N3O. The van der Waals surface area contributed by atoms with Crippen LogP contribution in [0.1, 0.15) is 32.2 Å². The molecule has 1 N–H and O–H groups in total. The minimum Gasteiger partial charge on any atom is -0.419 e. The van der Waals surface area contributed by atoms with Crippen LogP contribution in [0, 0.1) is 0 Å². The predicted molar refractivity (Wildman–Crippen MR) is 76.5 cm³/mol. The van der Waals surface area contributed by atoms with Crippen LogP contribution in [0.25, 0.3) is 11.5 Å². The van der Waals surface area contributed by atoms with Crippen molar-refractivity contribution in [1.29, 1.82) is 0 Å². The third-order valence-electron chi connectivity index (χ3n) is 2.71. The lowest BCUT2D eigenvalue weighted by Gasteiger charge is -2.10. The number of benzene rings is 1. The largest absolute Gasteiger partial charge is 0.419 e. The summed E-state index contributed by atoms with van der Waals surface area (Å²) in [4.78, 5) is 0. The zero-order chi connectivity index (χ0) is 13.8. The monoisotopic (exact) mass is 299 g/mol. The first-order valence-corrected chi connectivity index (χ1v) is 6.92. The Morgan fingerprint density at radius 2 is 1.84 bits per heavy atom. The van der Waals surface area contributed by atoms with Crippen molar-refractivity contribution in [3.05, 3.63) is 34.1 Å². The van der Waals surface area contributed by atoms with Crippen LogP contribution in [-0.2, 0) is 0 Å². The lowest BCUT2D eigenvalue weighted by Crippen LogP contribution is -2.20. The van der Waals surface area contributed by atoms with Gasteiger partial charge in [0, 0.05) is 15.6 Å². The topological polar surface area (TPSA) is 51.0 Å². The lowest BCUT2D eigenvalue weighted by atomic mass is 10.2. The molecule has 2 rings (SSSR count). The van der Waals surface area contributed by atoms with Gasteiger partial charge < -0.3 is 9.73 Å². The second kappa shape index (κ2) is 6.37. The molecule has 1 atom stereocenters. The van der Waals surface area contributed by atoms with Crippen molar-refractivity contribution >= 4 is 23.2 Å². The summed E-state index contributed by atoms with van der Waals surface area (Å²) in [5.74, 6) is 1.01. The van der Waals surface area contributed by atoms with E-state index >= 15 is 0 Å². The molecule has 2 aromatic rings. The minimum absolute atomic E-state index is 0.0703. The number of nitrogens with one attached hydrogen (secondary N) is 1. The highest BCUT2D eigenvalue weighted by Crippen LogP contribution is 2.27. The number of halogens is 2. The third-order valence-corrected chi connectivity index (χ3v) is 3.14. The molecule has 0 saturated heterocycles. The van der Waals surface area contributed by atoms with Crippen molar-refractivity contribution in [3.8, 4) is 11.5 Å². The molecule has 0 saturated carbocycles. The molecule has 102 valence electrons. The molecule has 0 aliphatic carbocycles.